The van der Waals surface area contributed by atoms with Gasteiger partial charge in [0.2, 0.25) is 70.9 Å². The molecule has 0 radical (unpaired) electrons. The fourth-order valence-electron chi connectivity index (χ4n) is 12.9. The van der Waals surface area contributed by atoms with Crippen LogP contribution < -0.4 is 37.6 Å². The Bertz CT molecular complexity index is 3560. The lowest BCUT2D eigenvalue weighted by atomic mass is 9.92. The molecule has 0 aromatic heterocycles. The molecule has 1 aliphatic carbocycles. The highest BCUT2D eigenvalue weighted by atomic mass is 32.2. The molecule has 1 aliphatic heterocycles. The number of nitrogens with zero attached hydrogens (tertiary/aromatic N) is 6. The van der Waals surface area contributed by atoms with E-state index in [0.29, 0.717) is 30.6 Å². The number of piperidine rings is 1. The highest BCUT2D eigenvalue weighted by Gasteiger charge is 2.43. The lowest BCUT2D eigenvalue weighted by molar-refractivity contribution is -0.150. The van der Waals surface area contributed by atoms with E-state index in [1.807, 2.05) is 88.4 Å². The molecule has 9 N–H and O–H groups in total. The van der Waals surface area contributed by atoms with Crippen molar-refractivity contribution in [3.05, 3.63) is 132 Å². The van der Waals surface area contributed by atoms with Gasteiger partial charge in [-0.2, -0.15) is 0 Å². The van der Waals surface area contributed by atoms with Gasteiger partial charge >= 0.3 is 0 Å². The molecule has 12 atom stereocenters. The van der Waals surface area contributed by atoms with Gasteiger partial charge in [-0.3, -0.25) is 62.3 Å². The van der Waals surface area contributed by atoms with Gasteiger partial charge in [-0.05, 0) is 106 Å². The Morgan fingerprint density at radius 2 is 1.00 bits per heavy atom. The smallest absolute Gasteiger partial charge is 0.248 e. The molecular weight excluding hydrogens is 1390 g/mol. The van der Waals surface area contributed by atoms with Crippen LogP contribution in [0.15, 0.2) is 115 Å². The monoisotopic (exact) mass is 1500 g/mol. The Morgan fingerprint density at radius 1 is 0.514 bits per heavy atom. The van der Waals surface area contributed by atoms with Gasteiger partial charge in [-0.15, -0.1) is 0 Å². The molecule has 5 rings (SSSR count). The number of thioether (sulfide) groups is 1. The van der Waals surface area contributed by atoms with Crippen LogP contribution in [0.2, 0.25) is 0 Å². The lowest BCUT2D eigenvalue weighted by Crippen LogP contribution is -2.61. The number of allylic oxidation sites excluding steroid dienone is 4. The van der Waals surface area contributed by atoms with Gasteiger partial charge < -0.3 is 72.1 Å². The van der Waals surface area contributed by atoms with E-state index in [4.69, 9.17) is 5.73 Å². The maximum atomic E-state index is 15.3. The number of rotatable bonds is 39. The van der Waals surface area contributed by atoms with Gasteiger partial charge in [-0.1, -0.05) is 169 Å². The number of benzene rings is 3. The summed E-state index contributed by atoms with van der Waals surface area (Å²) in [4.78, 5) is 194. The summed E-state index contributed by atoms with van der Waals surface area (Å²) in [5.74, 6) is -9.42. The third-order valence-corrected chi connectivity index (χ3v) is 20.3. The van der Waals surface area contributed by atoms with Gasteiger partial charge in [0, 0.05) is 73.3 Å². The number of aliphatic hydroxyl groups is 1. The van der Waals surface area contributed by atoms with Crippen molar-refractivity contribution in [2.24, 2.45) is 29.4 Å². The van der Waals surface area contributed by atoms with Crippen LogP contribution in [0.5, 0.6) is 0 Å². The van der Waals surface area contributed by atoms with Crippen molar-refractivity contribution in [1.82, 2.24) is 61.3 Å². The maximum absolute atomic E-state index is 15.3. The van der Waals surface area contributed by atoms with E-state index in [9.17, 15) is 48.3 Å². The highest BCUT2D eigenvalue weighted by molar-refractivity contribution is 8.12. The molecule has 28 heteroatoms. The molecule has 1 saturated heterocycles. The minimum atomic E-state index is -1.65. The molecule has 1 fully saturated rings. The average Bonchev–Trinajstić information content (AvgIpc) is 0.826. The highest BCUT2D eigenvalue weighted by Crippen LogP contribution is 2.25. The first-order chi connectivity index (χ1) is 50.6. The first kappa shape index (κ1) is 88.3. The van der Waals surface area contributed by atoms with E-state index >= 15 is 19.2 Å². The van der Waals surface area contributed by atoms with Crippen LogP contribution in [-0.4, -0.2) is 238 Å². The number of hydrogen-bond acceptors (Lipinski definition) is 16. The number of likely N-dealkylation sites (N-methyl/N-ethyl adjacent to an activating group) is 5. The number of aliphatic hydroxyl groups excluding tert-OH is 1. The number of nitrogens with one attached hydrogen (secondary N) is 6. The average molecular weight is 1500 g/mol. The third kappa shape index (κ3) is 27.5. The van der Waals surface area contributed by atoms with Crippen LogP contribution in [0.4, 0.5) is 0 Å². The standard InChI is InChI=1S/C79H115N13O14S/c1-49(2)40-61(87(10)65(94)46-81-70(97)52(7)80)74(101)86-68(54(9)93)79(106)90(13)62(43-56-32-22-16-23-33-56)72(99)82-47-66(95)88(11)64(41-50(3)4)78(105)91(14)69(51(5)6)75(102)84-59(42-55-30-20-15-21-31-55)71(98)85-60(45-67(96)107-48-58-36-26-18-27-37-58)77(104)89(12)63(44-57-34-24-17-25-35-57)73(100)83-53(8)76(103)92-38-28-19-29-39-92/h15-18,20-27,30,32-37,49-55,59-64,68-69,93H,19,28-29,31,38-48,80H2,1-14H3,(H,81,97)(H,82,99)(H,83,100)(H,84,102)(H,85,98)(H,86,101)/t52-,53-,54+,55?,59-,60-,61-,62-,63-,64-,68-,69-/m0/s1. The van der Waals surface area contributed by atoms with Crippen LogP contribution in [-0.2, 0) is 80.9 Å². The molecule has 586 valence electrons. The Kier molecular flexibility index (Phi) is 35.9. The second kappa shape index (κ2) is 43.5. The topological polar surface area (TPSA) is 360 Å². The zero-order valence-electron chi connectivity index (χ0n) is 64.7. The van der Waals surface area contributed by atoms with E-state index in [-0.39, 0.29) is 61.5 Å². The molecule has 3 aromatic carbocycles. The summed E-state index contributed by atoms with van der Waals surface area (Å²) in [6.07, 6.45) is 8.63. The molecule has 107 heavy (non-hydrogen) atoms. The number of likely N-dealkylation sites (tertiary alicyclic amines) is 1. The van der Waals surface area contributed by atoms with Crippen molar-refractivity contribution in [3.8, 4) is 0 Å². The zero-order valence-corrected chi connectivity index (χ0v) is 65.5. The molecule has 0 bridgehead atoms. The van der Waals surface area contributed by atoms with E-state index in [0.717, 1.165) is 46.4 Å². The summed E-state index contributed by atoms with van der Waals surface area (Å²) >= 11 is 0.944. The summed E-state index contributed by atoms with van der Waals surface area (Å²) < 4.78 is 0. The second-order valence-corrected chi connectivity index (χ2v) is 30.4. The third-order valence-electron chi connectivity index (χ3n) is 19.3. The number of carbonyl (C=O) groups excluding carboxylic acids is 13. The van der Waals surface area contributed by atoms with Crippen LogP contribution in [0.25, 0.3) is 0 Å². The van der Waals surface area contributed by atoms with Gasteiger partial charge in [0.15, 0.2) is 5.12 Å². The Hall–Kier alpha value is -9.28. The molecule has 1 heterocycles. The largest absolute Gasteiger partial charge is 0.391 e. The van der Waals surface area contributed by atoms with Crippen molar-refractivity contribution in [1.29, 1.82) is 0 Å². The summed E-state index contributed by atoms with van der Waals surface area (Å²) in [7, 11) is 6.89. The molecule has 1 unspecified atom stereocenters. The first-order valence-electron chi connectivity index (χ1n) is 37.0. The number of nitrogens with two attached hydrogens (primary N) is 1. The molecule has 2 aliphatic rings. The lowest BCUT2D eigenvalue weighted by Gasteiger charge is -2.37. The number of hydrogen-bond donors (Lipinski definition) is 8. The minimum Gasteiger partial charge on any atom is -0.391 e. The second-order valence-electron chi connectivity index (χ2n) is 29.3. The van der Waals surface area contributed by atoms with Crippen molar-refractivity contribution in [3.63, 3.8) is 0 Å². The quantitative estimate of drug-likeness (QED) is 0.0404. The van der Waals surface area contributed by atoms with Gasteiger partial charge in [-0.25, -0.2) is 0 Å². The van der Waals surface area contributed by atoms with Crippen LogP contribution in [0.1, 0.15) is 130 Å². The molecular formula is C79H115N13O14S. The summed E-state index contributed by atoms with van der Waals surface area (Å²) in [5, 5.41) is 26.9. The van der Waals surface area contributed by atoms with Crippen LogP contribution >= 0.6 is 11.8 Å². The number of carbonyl (C=O) groups is 13. The van der Waals surface area contributed by atoms with Gasteiger partial charge in [0.25, 0.3) is 0 Å². The van der Waals surface area contributed by atoms with E-state index < -0.39 is 162 Å². The summed E-state index contributed by atoms with van der Waals surface area (Å²) in [6.45, 7) is 15.0. The molecule has 0 saturated carbocycles. The molecule has 0 spiro atoms. The van der Waals surface area contributed by atoms with E-state index in [1.54, 1.807) is 80.3 Å². The Balaban J connectivity index is 1.41. The maximum Gasteiger partial charge on any atom is 0.248 e. The van der Waals surface area contributed by atoms with Crippen molar-refractivity contribution in [2.75, 3.05) is 61.4 Å². The van der Waals surface area contributed by atoms with E-state index in [1.165, 1.54) is 63.8 Å². The zero-order chi connectivity index (χ0) is 79.4. The predicted octanol–water partition coefficient (Wildman–Crippen LogP) is 3.66. The van der Waals surface area contributed by atoms with E-state index in [2.05, 4.69) is 31.9 Å². The van der Waals surface area contributed by atoms with Gasteiger partial charge in [0.1, 0.15) is 54.4 Å². The number of amides is 12. The fraction of sp³-hybridized carbons (Fsp3) is 0.557. The van der Waals surface area contributed by atoms with Crippen molar-refractivity contribution >= 4 is 87.8 Å². The fourth-order valence-corrected chi connectivity index (χ4v) is 13.8. The minimum absolute atomic E-state index is 0.00121. The Morgan fingerprint density at radius 3 is 1.50 bits per heavy atom. The predicted molar refractivity (Wildman–Crippen MR) is 410 cm³/mol. The van der Waals surface area contributed by atoms with Crippen LogP contribution in [0, 0.1) is 23.7 Å². The van der Waals surface area contributed by atoms with Crippen LogP contribution in [0.3, 0.4) is 0 Å². The normalized spacial score (nSPS) is 16.5. The summed E-state index contributed by atoms with van der Waals surface area (Å²) in [5.41, 5.74) is 7.78. The molecule has 12 amide bonds. The molecule has 3 aromatic rings. The Labute approximate surface area is 635 Å². The van der Waals surface area contributed by atoms with Gasteiger partial charge in [0.05, 0.1) is 25.2 Å². The first-order valence-corrected chi connectivity index (χ1v) is 38.0. The summed E-state index contributed by atoms with van der Waals surface area (Å²) in [6, 6.07) is 14.1. The van der Waals surface area contributed by atoms with Crippen molar-refractivity contribution in [2.45, 2.75) is 199 Å². The van der Waals surface area contributed by atoms with Crippen molar-refractivity contribution < 1.29 is 67.4 Å². The molecule has 27 nitrogen and oxygen atoms in total. The SMILES string of the molecule is CC(C)C[C@@H](C(=O)N[C@H](C(=O)N(C)[C@@H](Cc1ccccc1)C(=O)NCC(=O)N(C)[C@@H](CC(C)C)C(=O)N(C)[C@H](C(=O)N[C@@H](CC1C=CC=CC1)C(=O)N[C@@H](CC(=O)SCc1ccccc1)C(=O)N(C)[C@@H](Cc1ccccc1)C(=O)N[C@@H](C)C(=O)N1CCCCC1)C(C)C)[C@@H](C)O)N(C)C(=O)CNC(=O)[C@H](C)N.